The molecular weight excluding hydrogens is 416 g/mol. The van der Waals surface area contributed by atoms with Crippen molar-refractivity contribution in [3.05, 3.63) is 34.8 Å². The second-order valence-electron chi connectivity index (χ2n) is 5.40. The number of methoxy groups -OCH3 is 3. The van der Waals surface area contributed by atoms with Crippen LogP contribution in [0.4, 0.5) is 0 Å². The Morgan fingerprint density at radius 1 is 0.852 bits per heavy atom. The van der Waals surface area contributed by atoms with Crippen LogP contribution in [0.1, 0.15) is 6.92 Å². The smallest absolute Gasteiger partial charge is 0.248 e. The van der Waals surface area contributed by atoms with Crippen molar-refractivity contribution in [3.63, 3.8) is 0 Å². The van der Waals surface area contributed by atoms with E-state index in [0.717, 1.165) is 10.0 Å². The molecule has 0 atom stereocenters. The highest BCUT2D eigenvalue weighted by Gasteiger charge is 2.17. The van der Waals surface area contributed by atoms with Crippen LogP contribution in [0, 0.1) is 0 Å². The minimum absolute atomic E-state index is 0.365. The summed E-state index contributed by atoms with van der Waals surface area (Å²) in [6, 6.07) is 9.04. The standard InChI is InChI=1S/C19H19BrN2O5/c1-5-26-16-10-12(8-13(20)17(16)25-4)19-22-21-18(27-19)11-6-7-14(23-2)15(9-11)24-3/h6-10H,5H2,1-4H3. The van der Waals surface area contributed by atoms with Crippen LogP contribution in [0.15, 0.2) is 39.2 Å². The molecule has 0 aliphatic carbocycles. The SMILES string of the molecule is CCOc1cc(-c2nnc(-c3ccc(OC)c(OC)c3)o2)cc(Br)c1OC. The Kier molecular flexibility index (Phi) is 5.85. The van der Waals surface area contributed by atoms with Crippen molar-refractivity contribution in [1.82, 2.24) is 10.2 Å². The van der Waals surface area contributed by atoms with Gasteiger partial charge in [0.05, 0.1) is 32.4 Å². The number of aromatic nitrogens is 2. The van der Waals surface area contributed by atoms with Gasteiger partial charge in [-0.05, 0) is 53.2 Å². The van der Waals surface area contributed by atoms with E-state index in [9.17, 15) is 0 Å². The summed E-state index contributed by atoms with van der Waals surface area (Å²) in [7, 11) is 4.75. The molecular formula is C19H19BrN2O5. The summed E-state index contributed by atoms with van der Waals surface area (Å²) in [5.41, 5.74) is 1.44. The molecule has 3 aromatic rings. The molecule has 0 unspecified atom stereocenters. The fraction of sp³-hybridized carbons (Fsp3) is 0.263. The van der Waals surface area contributed by atoms with Crippen molar-refractivity contribution in [2.75, 3.05) is 27.9 Å². The zero-order valence-corrected chi connectivity index (χ0v) is 17.0. The lowest BCUT2D eigenvalue weighted by Crippen LogP contribution is -1.96. The molecule has 3 rings (SSSR count). The first kappa shape index (κ1) is 19.0. The molecule has 0 N–H and O–H groups in total. The average Bonchev–Trinajstić information content (AvgIpc) is 3.17. The maximum atomic E-state index is 5.85. The predicted molar refractivity (Wildman–Crippen MR) is 104 cm³/mol. The fourth-order valence-electron chi connectivity index (χ4n) is 2.58. The topological polar surface area (TPSA) is 75.8 Å². The first-order chi connectivity index (χ1) is 13.1. The van der Waals surface area contributed by atoms with Crippen molar-refractivity contribution in [2.24, 2.45) is 0 Å². The van der Waals surface area contributed by atoms with E-state index in [0.29, 0.717) is 46.9 Å². The molecule has 0 aliphatic heterocycles. The quantitative estimate of drug-likeness (QED) is 0.537. The third kappa shape index (κ3) is 3.85. The first-order valence-corrected chi connectivity index (χ1v) is 8.97. The number of rotatable bonds is 7. The van der Waals surface area contributed by atoms with Crippen LogP contribution in [0.25, 0.3) is 22.9 Å². The van der Waals surface area contributed by atoms with Gasteiger partial charge in [-0.15, -0.1) is 10.2 Å². The average molecular weight is 435 g/mol. The Labute approximate surface area is 165 Å². The molecule has 8 heteroatoms. The van der Waals surface area contributed by atoms with Crippen LogP contribution in [0.5, 0.6) is 23.0 Å². The van der Waals surface area contributed by atoms with Gasteiger partial charge in [0, 0.05) is 11.1 Å². The zero-order chi connectivity index (χ0) is 19.4. The van der Waals surface area contributed by atoms with E-state index in [-0.39, 0.29) is 0 Å². The van der Waals surface area contributed by atoms with E-state index in [1.807, 2.05) is 19.1 Å². The van der Waals surface area contributed by atoms with Crippen molar-refractivity contribution in [1.29, 1.82) is 0 Å². The fourth-order valence-corrected chi connectivity index (χ4v) is 3.18. The van der Waals surface area contributed by atoms with Crippen molar-refractivity contribution < 1.29 is 23.4 Å². The third-order valence-corrected chi connectivity index (χ3v) is 4.40. The summed E-state index contributed by atoms with van der Waals surface area (Å²) in [6.45, 7) is 2.41. The maximum Gasteiger partial charge on any atom is 0.248 e. The Hall–Kier alpha value is -2.74. The van der Waals surface area contributed by atoms with Gasteiger partial charge in [0.15, 0.2) is 23.0 Å². The van der Waals surface area contributed by atoms with Gasteiger partial charge in [0.1, 0.15) is 0 Å². The monoisotopic (exact) mass is 434 g/mol. The maximum absolute atomic E-state index is 5.85. The predicted octanol–water partition coefficient (Wildman–Crippen LogP) is 4.59. The van der Waals surface area contributed by atoms with Gasteiger partial charge in [-0.3, -0.25) is 0 Å². The number of hydrogen-bond acceptors (Lipinski definition) is 7. The molecule has 142 valence electrons. The lowest BCUT2D eigenvalue weighted by molar-refractivity contribution is 0.310. The van der Waals surface area contributed by atoms with E-state index >= 15 is 0 Å². The normalized spacial score (nSPS) is 10.6. The second kappa shape index (κ2) is 8.30. The molecule has 0 fully saturated rings. The van der Waals surface area contributed by atoms with Gasteiger partial charge >= 0.3 is 0 Å². The van der Waals surface area contributed by atoms with Crippen LogP contribution in [-0.4, -0.2) is 38.1 Å². The molecule has 0 saturated heterocycles. The van der Waals surface area contributed by atoms with Gasteiger partial charge in [-0.1, -0.05) is 0 Å². The highest BCUT2D eigenvalue weighted by Crippen LogP contribution is 2.40. The Morgan fingerprint density at radius 2 is 1.52 bits per heavy atom. The number of hydrogen-bond donors (Lipinski definition) is 0. The molecule has 0 spiro atoms. The van der Waals surface area contributed by atoms with E-state index in [4.69, 9.17) is 23.4 Å². The molecule has 2 aromatic carbocycles. The molecule has 0 bridgehead atoms. The van der Waals surface area contributed by atoms with Crippen LogP contribution in [0.3, 0.4) is 0 Å². The molecule has 27 heavy (non-hydrogen) atoms. The summed E-state index contributed by atoms with van der Waals surface area (Å²) in [4.78, 5) is 0. The Morgan fingerprint density at radius 3 is 2.15 bits per heavy atom. The van der Waals surface area contributed by atoms with Crippen LogP contribution >= 0.6 is 15.9 Å². The van der Waals surface area contributed by atoms with Gasteiger partial charge < -0.3 is 23.4 Å². The van der Waals surface area contributed by atoms with E-state index < -0.39 is 0 Å². The Bertz CT molecular complexity index is 942. The molecule has 0 saturated carbocycles. The summed E-state index contributed by atoms with van der Waals surface area (Å²) in [6.07, 6.45) is 0. The number of ether oxygens (including phenoxy) is 4. The summed E-state index contributed by atoms with van der Waals surface area (Å²) in [5.74, 6) is 3.15. The van der Waals surface area contributed by atoms with Gasteiger partial charge in [0.25, 0.3) is 0 Å². The van der Waals surface area contributed by atoms with Crippen LogP contribution in [-0.2, 0) is 0 Å². The highest BCUT2D eigenvalue weighted by molar-refractivity contribution is 9.10. The van der Waals surface area contributed by atoms with Gasteiger partial charge in [-0.2, -0.15) is 0 Å². The highest BCUT2D eigenvalue weighted by atomic mass is 79.9. The van der Waals surface area contributed by atoms with E-state index in [1.165, 1.54) is 0 Å². The Balaban J connectivity index is 1.99. The minimum atomic E-state index is 0.365. The van der Waals surface area contributed by atoms with Gasteiger partial charge in [-0.25, -0.2) is 0 Å². The van der Waals surface area contributed by atoms with E-state index in [2.05, 4.69) is 26.1 Å². The second-order valence-corrected chi connectivity index (χ2v) is 6.26. The minimum Gasteiger partial charge on any atom is -0.493 e. The number of benzene rings is 2. The summed E-state index contributed by atoms with van der Waals surface area (Å²) >= 11 is 3.49. The third-order valence-electron chi connectivity index (χ3n) is 3.82. The molecule has 1 heterocycles. The van der Waals surface area contributed by atoms with E-state index in [1.54, 1.807) is 39.5 Å². The zero-order valence-electron chi connectivity index (χ0n) is 15.4. The lowest BCUT2D eigenvalue weighted by Gasteiger charge is -2.12. The summed E-state index contributed by atoms with van der Waals surface area (Å²) < 4.78 is 28.2. The van der Waals surface area contributed by atoms with Crippen LogP contribution in [0.2, 0.25) is 0 Å². The van der Waals surface area contributed by atoms with Crippen LogP contribution < -0.4 is 18.9 Å². The van der Waals surface area contributed by atoms with Crippen molar-refractivity contribution in [2.45, 2.75) is 6.92 Å². The van der Waals surface area contributed by atoms with Crippen molar-refractivity contribution in [3.8, 4) is 45.9 Å². The molecule has 0 amide bonds. The lowest BCUT2D eigenvalue weighted by atomic mass is 10.2. The van der Waals surface area contributed by atoms with Gasteiger partial charge in [0.2, 0.25) is 11.8 Å². The largest absolute Gasteiger partial charge is 0.493 e. The number of nitrogens with zero attached hydrogens (tertiary/aromatic N) is 2. The summed E-state index contributed by atoms with van der Waals surface area (Å²) in [5, 5.41) is 8.29. The molecule has 1 aromatic heterocycles. The molecule has 0 radical (unpaired) electrons. The molecule has 0 aliphatic rings. The number of halogens is 1. The van der Waals surface area contributed by atoms with Crippen molar-refractivity contribution >= 4 is 15.9 Å². The molecule has 7 nitrogen and oxygen atoms in total. The first-order valence-electron chi connectivity index (χ1n) is 8.17.